The highest BCUT2D eigenvalue weighted by atomic mass is 19.1. The molecule has 0 fully saturated rings. The molecule has 0 aliphatic carbocycles. The Hall–Kier alpha value is -3.93. The number of hydrogen-bond donors (Lipinski definition) is 1. The van der Waals surface area contributed by atoms with Gasteiger partial charge in [0.15, 0.2) is 0 Å². The van der Waals surface area contributed by atoms with Crippen molar-refractivity contribution in [3.8, 4) is 5.75 Å². The van der Waals surface area contributed by atoms with Crippen molar-refractivity contribution in [2.75, 3.05) is 12.4 Å². The molecule has 3 aromatic rings. The normalized spacial score (nSPS) is 13.7. The molecule has 32 heavy (non-hydrogen) atoms. The number of nitrogens with zero attached hydrogens (tertiary/aromatic N) is 1. The monoisotopic (exact) mass is 430 g/mol. The van der Waals surface area contributed by atoms with Crippen molar-refractivity contribution in [1.82, 2.24) is 4.90 Å². The van der Waals surface area contributed by atoms with Crippen molar-refractivity contribution in [1.29, 1.82) is 0 Å². The second-order valence-electron chi connectivity index (χ2n) is 7.44. The van der Waals surface area contributed by atoms with Crippen LogP contribution in [-0.4, -0.2) is 23.8 Å². The van der Waals surface area contributed by atoms with E-state index in [-0.39, 0.29) is 23.4 Å². The van der Waals surface area contributed by atoms with Crippen LogP contribution in [0.2, 0.25) is 0 Å². The summed E-state index contributed by atoms with van der Waals surface area (Å²) in [5, 5.41) is 3.12. The third-order valence-corrected chi connectivity index (χ3v) is 5.46. The second-order valence-corrected chi connectivity index (χ2v) is 7.44. The van der Waals surface area contributed by atoms with E-state index < -0.39 is 17.6 Å². The molecule has 6 heteroatoms. The van der Waals surface area contributed by atoms with E-state index in [1.165, 1.54) is 6.07 Å². The van der Waals surface area contributed by atoms with Crippen LogP contribution in [0.5, 0.6) is 5.75 Å². The van der Waals surface area contributed by atoms with Crippen LogP contribution in [0.1, 0.15) is 23.6 Å². The van der Waals surface area contributed by atoms with Crippen LogP contribution in [0.25, 0.3) is 5.57 Å². The zero-order chi connectivity index (χ0) is 22.7. The van der Waals surface area contributed by atoms with Gasteiger partial charge in [-0.2, -0.15) is 0 Å². The molecule has 1 N–H and O–H groups in total. The molecule has 5 nitrogen and oxygen atoms in total. The van der Waals surface area contributed by atoms with Gasteiger partial charge in [0.1, 0.15) is 17.3 Å². The number of carbonyl (C=O) groups excluding carboxylic acids is 2. The van der Waals surface area contributed by atoms with Crippen molar-refractivity contribution >= 4 is 23.1 Å². The minimum Gasteiger partial charge on any atom is -0.497 e. The molecule has 0 atom stereocenters. The van der Waals surface area contributed by atoms with Gasteiger partial charge >= 0.3 is 0 Å². The van der Waals surface area contributed by atoms with Gasteiger partial charge in [-0.15, -0.1) is 0 Å². The number of methoxy groups -OCH3 is 1. The first-order valence-electron chi connectivity index (χ1n) is 10.4. The van der Waals surface area contributed by atoms with Gasteiger partial charge < -0.3 is 10.1 Å². The Morgan fingerprint density at radius 3 is 2.22 bits per heavy atom. The summed E-state index contributed by atoms with van der Waals surface area (Å²) in [4.78, 5) is 27.7. The molecule has 1 heterocycles. The van der Waals surface area contributed by atoms with E-state index in [4.69, 9.17) is 4.74 Å². The van der Waals surface area contributed by atoms with Crippen LogP contribution < -0.4 is 10.1 Å². The molecule has 0 unspecified atom stereocenters. The fraction of sp³-hybridized carbons (Fsp3) is 0.154. The number of halogens is 1. The Bertz CT molecular complexity index is 1180. The van der Waals surface area contributed by atoms with E-state index in [0.29, 0.717) is 17.0 Å². The van der Waals surface area contributed by atoms with Crippen LogP contribution >= 0.6 is 0 Å². The van der Waals surface area contributed by atoms with Gasteiger partial charge in [0.05, 0.1) is 19.2 Å². The largest absolute Gasteiger partial charge is 0.497 e. The number of hydrogen-bond acceptors (Lipinski definition) is 4. The summed E-state index contributed by atoms with van der Waals surface area (Å²) in [5.74, 6) is -0.797. The van der Waals surface area contributed by atoms with Gasteiger partial charge in [0.25, 0.3) is 11.8 Å². The lowest BCUT2D eigenvalue weighted by molar-refractivity contribution is -0.137. The molecular weight excluding hydrogens is 407 g/mol. The molecule has 0 radical (unpaired) electrons. The number of amides is 2. The summed E-state index contributed by atoms with van der Waals surface area (Å²) < 4.78 is 19.4. The smallest absolute Gasteiger partial charge is 0.278 e. The summed E-state index contributed by atoms with van der Waals surface area (Å²) in [5.41, 5.74) is 3.12. The zero-order valence-electron chi connectivity index (χ0n) is 17.9. The maximum Gasteiger partial charge on any atom is 0.278 e. The first-order chi connectivity index (χ1) is 15.5. The Morgan fingerprint density at radius 1 is 0.906 bits per heavy atom. The lowest BCUT2D eigenvalue weighted by Crippen LogP contribution is -2.32. The molecule has 0 saturated heterocycles. The van der Waals surface area contributed by atoms with Gasteiger partial charge in [0, 0.05) is 11.3 Å². The maximum atomic E-state index is 14.2. The fourth-order valence-corrected chi connectivity index (χ4v) is 3.63. The molecule has 3 aromatic carbocycles. The van der Waals surface area contributed by atoms with Crippen LogP contribution in [0.15, 0.2) is 78.5 Å². The highest BCUT2D eigenvalue weighted by molar-refractivity contribution is 6.36. The van der Waals surface area contributed by atoms with E-state index in [9.17, 15) is 14.0 Å². The third kappa shape index (κ3) is 4.12. The number of carbonyl (C=O) groups is 2. The Balaban J connectivity index is 1.73. The maximum absolute atomic E-state index is 14.2. The van der Waals surface area contributed by atoms with Crippen molar-refractivity contribution < 1.29 is 18.7 Å². The van der Waals surface area contributed by atoms with Crippen LogP contribution in [0.4, 0.5) is 10.1 Å². The standard InChI is InChI=1S/C26H23FN2O3/c1-3-17-8-12-20(13-9-17)28-24-23(18-10-14-21(32-2)15-11-18)25(30)29(26(24)31)16-19-6-4-5-7-22(19)27/h4-15,28H,3,16H2,1-2H3. The van der Waals surface area contributed by atoms with E-state index in [1.807, 2.05) is 24.3 Å². The van der Waals surface area contributed by atoms with Crippen LogP contribution in [0.3, 0.4) is 0 Å². The number of benzene rings is 3. The first kappa shape index (κ1) is 21.3. The van der Waals surface area contributed by atoms with Gasteiger partial charge in [-0.1, -0.05) is 49.4 Å². The average Bonchev–Trinajstić information content (AvgIpc) is 3.05. The second kappa shape index (κ2) is 9.06. The summed E-state index contributed by atoms with van der Waals surface area (Å²) in [6.07, 6.45) is 0.897. The highest BCUT2D eigenvalue weighted by Crippen LogP contribution is 2.32. The van der Waals surface area contributed by atoms with E-state index in [0.717, 1.165) is 16.9 Å². The molecule has 0 bridgehead atoms. The number of rotatable bonds is 7. The lowest BCUT2D eigenvalue weighted by Gasteiger charge is -2.16. The topological polar surface area (TPSA) is 58.6 Å². The first-order valence-corrected chi connectivity index (χ1v) is 10.4. The minimum absolute atomic E-state index is 0.149. The number of nitrogens with one attached hydrogen (secondary N) is 1. The van der Waals surface area contributed by atoms with Crippen molar-refractivity contribution in [2.24, 2.45) is 0 Å². The van der Waals surface area contributed by atoms with Crippen LogP contribution in [-0.2, 0) is 22.6 Å². The minimum atomic E-state index is -0.497. The number of imide groups is 1. The van der Waals surface area contributed by atoms with E-state index in [1.54, 1.807) is 49.6 Å². The predicted molar refractivity (Wildman–Crippen MR) is 121 cm³/mol. The predicted octanol–water partition coefficient (Wildman–Crippen LogP) is 4.79. The number of anilines is 1. The quantitative estimate of drug-likeness (QED) is 0.548. The highest BCUT2D eigenvalue weighted by Gasteiger charge is 2.39. The Labute approximate surface area is 186 Å². The molecule has 2 amide bonds. The Kier molecular flexibility index (Phi) is 6.03. The third-order valence-electron chi connectivity index (χ3n) is 5.46. The van der Waals surface area contributed by atoms with Gasteiger partial charge in [0.2, 0.25) is 0 Å². The van der Waals surface area contributed by atoms with Gasteiger partial charge in [-0.25, -0.2) is 4.39 Å². The van der Waals surface area contributed by atoms with Crippen molar-refractivity contribution in [3.63, 3.8) is 0 Å². The molecule has 4 rings (SSSR count). The summed E-state index contributed by atoms with van der Waals surface area (Å²) in [6, 6.07) is 20.7. The molecule has 0 aromatic heterocycles. The van der Waals surface area contributed by atoms with E-state index >= 15 is 0 Å². The number of ether oxygens (including phenoxy) is 1. The molecule has 1 aliphatic rings. The van der Waals surface area contributed by atoms with Crippen molar-refractivity contribution in [2.45, 2.75) is 19.9 Å². The van der Waals surface area contributed by atoms with Crippen molar-refractivity contribution in [3.05, 3.63) is 101 Å². The van der Waals surface area contributed by atoms with Gasteiger partial charge in [-0.05, 0) is 47.9 Å². The molecule has 1 aliphatic heterocycles. The average molecular weight is 430 g/mol. The molecule has 0 spiro atoms. The fourth-order valence-electron chi connectivity index (χ4n) is 3.63. The summed E-state index contributed by atoms with van der Waals surface area (Å²) in [6.45, 7) is 1.91. The Morgan fingerprint density at radius 2 is 1.59 bits per heavy atom. The van der Waals surface area contributed by atoms with E-state index in [2.05, 4.69) is 12.2 Å². The summed E-state index contributed by atoms with van der Waals surface area (Å²) in [7, 11) is 1.56. The number of aryl methyl sites for hydroxylation is 1. The zero-order valence-corrected chi connectivity index (χ0v) is 17.9. The SMILES string of the molecule is CCc1ccc(NC2=C(c3ccc(OC)cc3)C(=O)N(Cc3ccccc3F)C2=O)cc1. The molecular formula is C26H23FN2O3. The molecule has 0 saturated carbocycles. The van der Waals surface area contributed by atoms with Crippen LogP contribution in [0, 0.1) is 5.82 Å². The van der Waals surface area contributed by atoms with Gasteiger partial charge in [-0.3, -0.25) is 14.5 Å². The lowest BCUT2D eigenvalue weighted by atomic mass is 10.0. The summed E-state index contributed by atoms with van der Waals surface area (Å²) >= 11 is 0. The molecule has 162 valence electrons.